The molecule has 1 N–H and O–H groups in total. The van der Waals surface area contributed by atoms with E-state index < -0.39 is 0 Å². The Labute approximate surface area is 120 Å². The number of nitrogens with zero attached hydrogens (tertiary/aromatic N) is 1. The van der Waals surface area contributed by atoms with Gasteiger partial charge < -0.3 is 5.32 Å². The van der Waals surface area contributed by atoms with Crippen LogP contribution >= 0.6 is 11.3 Å². The number of para-hydroxylation sites is 1. The highest BCUT2D eigenvalue weighted by Gasteiger charge is 2.03. The van der Waals surface area contributed by atoms with Gasteiger partial charge in [-0.15, -0.1) is 0 Å². The molecule has 20 heavy (non-hydrogen) atoms. The summed E-state index contributed by atoms with van der Waals surface area (Å²) in [5.74, 6) is -0.146. The van der Waals surface area contributed by atoms with Crippen molar-refractivity contribution in [3.8, 4) is 0 Å². The first-order valence-electron chi connectivity index (χ1n) is 6.18. The Kier molecular flexibility index (Phi) is 3.56. The molecule has 0 saturated heterocycles. The number of benzene rings is 1. The number of nitrogens with one attached hydrogen (secondary N) is 1. The number of carbonyl (C=O) groups excluding carboxylic acids is 1. The summed E-state index contributed by atoms with van der Waals surface area (Å²) in [6.07, 6.45) is 5.03. The molecule has 0 radical (unpaired) electrons. The summed E-state index contributed by atoms with van der Waals surface area (Å²) in [6, 6.07) is 11.5. The van der Waals surface area contributed by atoms with Crippen molar-refractivity contribution < 1.29 is 4.79 Å². The fraction of sp³-hybridized carbons (Fsp3) is 0. The highest BCUT2D eigenvalue weighted by Crippen LogP contribution is 2.20. The van der Waals surface area contributed by atoms with Crippen LogP contribution in [-0.4, -0.2) is 10.9 Å². The number of pyridine rings is 1. The van der Waals surface area contributed by atoms with E-state index in [0.717, 1.165) is 22.2 Å². The summed E-state index contributed by atoms with van der Waals surface area (Å²) < 4.78 is 0. The maximum absolute atomic E-state index is 11.9. The van der Waals surface area contributed by atoms with Gasteiger partial charge in [-0.1, -0.05) is 18.2 Å². The summed E-state index contributed by atoms with van der Waals surface area (Å²) in [4.78, 5) is 16.2. The van der Waals surface area contributed by atoms with Gasteiger partial charge in [0, 0.05) is 17.7 Å². The Morgan fingerprint density at radius 1 is 1.20 bits per heavy atom. The largest absolute Gasteiger partial charge is 0.322 e. The van der Waals surface area contributed by atoms with E-state index in [1.54, 1.807) is 29.7 Å². The van der Waals surface area contributed by atoms with Crippen LogP contribution in [0.2, 0.25) is 0 Å². The second kappa shape index (κ2) is 5.67. The molecule has 0 saturated carbocycles. The molecule has 2 heterocycles. The summed E-state index contributed by atoms with van der Waals surface area (Å²) in [6.45, 7) is 0. The van der Waals surface area contributed by atoms with Crippen molar-refractivity contribution in [1.29, 1.82) is 0 Å². The minimum Gasteiger partial charge on any atom is -0.322 e. The van der Waals surface area contributed by atoms with Crippen LogP contribution in [0.15, 0.2) is 59.4 Å². The number of aromatic nitrogens is 1. The Bertz CT molecular complexity index is 758. The Balaban J connectivity index is 1.81. The minimum absolute atomic E-state index is 0.146. The van der Waals surface area contributed by atoms with Crippen LogP contribution in [0.1, 0.15) is 5.56 Å². The fourth-order valence-electron chi connectivity index (χ4n) is 1.92. The zero-order chi connectivity index (χ0) is 13.8. The standard InChI is InChI=1S/C16H12N2OS/c19-16(6-5-12-8-10-20-11-12)18-15-7-9-17-14-4-2-1-3-13(14)15/h1-11H,(H,17,18,19). The number of thiophene rings is 1. The molecule has 1 amide bonds. The normalized spacial score (nSPS) is 11.0. The van der Waals surface area contributed by atoms with Crippen molar-refractivity contribution in [2.75, 3.05) is 5.32 Å². The van der Waals surface area contributed by atoms with E-state index in [1.165, 1.54) is 6.08 Å². The van der Waals surface area contributed by atoms with Gasteiger partial charge in [0.25, 0.3) is 0 Å². The van der Waals surface area contributed by atoms with E-state index in [0.29, 0.717) is 0 Å². The van der Waals surface area contributed by atoms with E-state index in [2.05, 4.69) is 10.3 Å². The smallest absolute Gasteiger partial charge is 0.248 e. The van der Waals surface area contributed by atoms with Gasteiger partial charge in [-0.2, -0.15) is 11.3 Å². The molecule has 4 heteroatoms. The van der Waals surface area contributed by atoms with E-state index in [9.17, 15) is 4.79 Å². The van der Waals surface area contributed by atoms with Gasteiger partial charge in [0.15, 0.2) is 0 Å². The van der Waals surface area contributed by atoms with E-state index in [4.69, 9.17) is 0 Å². The molecular formula is C16H12N2OS. The number of hydrogen-bond donors (Lipinski definition) is 1. The van der Waals surface area contributed by atoms with Crippen LogP contribution in [0.5, 0.6) is 0 Å². The topological polar surface area (TPSA) is 42.0 Å². The SMILES string of the molecule is O=C(C=Cc1ccsc1)Nc1ccnc2ccccc12. The number of carbonyl (C=O) groups is 1. The van der Waals surface area contributed by atoms with Gasteiger partial charge >= 0.3 is 0 Å². The van der Waals surface area contributed by atoms with E-state index >= 15 is 0 Å². The van der Waals surface area contributed by atoms with Crippen LogP contribution in [0, 0.1) is 0 Å². The first-order valence-corrected chi connectivity index (χ1v) is 7.12. The maximum Gasteiger partial charge on any atom is 0.248 e. The molecule has 3 aromatic rings. The van der Waals surface area contributed by atoms with Gasteiger partial charge in [-0.05, 0) is 40.6 Å². The minimum atomic E-state index is -0.146. The summed E-state index contributed by atoms with van der Waals surface area (Å²) in [5.41, 5.74) is 2.67. The van der Waals surface area contributed by atoms with Crippen molar-refractivity contribution in [2.24, 2.45) is 0 Å². The van der Waals surface area contributed by atoms with Gasteiger partial charge in [0.1, 0.15) is 0 Å². The van der Waals surface area contributed by atoms with Gasteiger partial charge in [-0.3, -0.25) is 9.78 Å². The summed E-state index contributed by atoms with van der Waals surface area (Å²) >= 11 is 1.61. The molecular weight excluding hydrogens is 268 g/mol. The van der Waals surface area contributed by atoms with Crippen LogP contribution in [0.25, 0.3) is 17.0 Å². The van der Waals surface area contributed by atoms with Crippen LogP contribution in [-0.2, 0) is 4.79 Å². The lowest BCUT2D eigenvalue weighted by atomic mass is 10.2. The summed E-state index contributed by atoms with van der Waals surface area (Å²) in [7, 11) is 0. The second-order valence-corrected chi connectivity index (χ2v) is 5.03. The average Bonchev–Trinajstić information content (AvgIpc) is 2.99. The Morgan fingerprint density at radius 3 is 2.95 bits per heavy atom. The lowest BCUT2D eigenvalue weighted by molar-refractivity contribution is -0.111. The Hall–Kier alpha value is -2.46. The molecule has 0 aliphatic heterocycles. The van der Waals surface area contributed by atoms with Crippen LogP contribution < -0.4 is 5.32 Å². The van der Waals surface area contributed by atoms with Gasteiger partial charge in [0.2, 0.25) is 5.91 Å². The van der Waals surface area contributed by atoms with E-state index in [-0.39, 0.29) is 5.91 Å². The lowest BCUT2D eigenvalue weighted by Gasteiger charge is -2.05. The third-order valence-corrected chi connectivity index (χ3v) is 3.58. The van der Waals surface area contributed by atoms with E-state index in [1.807, 2.05) is 41.1 Å². The predicted octanol–water partition coefficient (Wildman–Crippen LogP) is 3.95. The van der Waals surface area contributed by atoms with Crippen LogP contribution in [0.4, 0.5) is 5.69 Å². The molecule has 3 nitrogen and oxygen atoms in total. The number of hydrogen-bond acceptors (Lipinski definition) is 3. The van der Waals surface area contributed by atoms with Crippen molar-refractivity contribution in [3.63, 3.8) is 0 Å². The average molecular weight is 280 g/mol. The number of anilines is 1. The molecule has 0 spiro atoms. The lowest BCUT2D eigenvalue weighted by Crippen LogP contribution is -2.08. The number of rotatable bonds is 3. The third kappa shape index (κ3) is 2.75. The zero-order valence-corrected chi connectivity index (χ0v) is 11.4. The monoisotopic (exact) mass is 280 g/mol. The first kappa shape index (κ1) is 12.6. The van der Waals surface area contributed by atoms with Gasteiger partial charge in [-0.25, -0.2) is 0 Å². The van der Waals surface area contributed by atoms with Crippen molar-refractivity contribution in [3.05, 3.63) is 65.0 Å². The molecule has 0 bridgehead atoms. The first-order chi connectivity index (χ1) is 9.83. The maximum atomic E-state index is 11.9. The summed E-state index contributed by atoms with van der Waals surface area (Å²) in [5, 5.41) is 7.79. The number of fused-ring (bicyclic) bond motifs is 1. The molecule has 0 aliphatic rings. The fourth-order valence-corrected chi connectivity index (χ4v) is 2.55. The molecule has 98 valence electrons. The molecule has 0 fully saturated rings. The number of amides is 1. The van der Waals surface area contributed by atoms with Crippen LogP contribution in [0.3, 0.4) is 0 Å². The predicted molar refractivity (Wildman–Crippen MR) is 83.7 cm³/mol. The van der Waals surface area contributed by atoms with Crippen molar-refractivity contribution >= 4 is 39.9 Å². The highest BCUT2D eigenvalue weighted by molar-refractivity contribution is 7.08. The molecule has 0 aliphatic carbocycles. The molecule has 3 rings (SSSR count). The Morgan fingerprint density at radius 2 is 2.10 bits per heavy atom. The second-order valence-electron chi connectivity index (χ2n) is 4.25. The van der Waals surface area contributed by atoms with Crippen molar-refractivity contribution in [2.45, 2.75) is 0 Å². The highest BCUT2D eigenvalue weighted by atomic mass is 32.1. The third-order valence-electron chi connectivity index (χ3n) is 2.88. The zero-order valence-electron chi connectivity index (χ0n) is 10.6. The van der Waals surface area contributed by atoms with Gasteiger partial charge in [0.05, 0.1) is 11.2 Å². The quantitative estimate of drug-likeness (QED) is 0.738. The molecule has 2 aromatic heterocycles. The molecule has 0 unspecified atom stereocenters. The molecule has 1 aromatic carbocycles. The van der Waals surface area contributed by atoms with Crippen molar-refractivity contribution in [1.82, 2.24) is 4.98 Å². The molecule has 0 atom stereocenters.